The van der Waals surface area contributed by atoms with Crippen LogP contribution in [-0.4, -0.2) is 31.7 Å². The normalized spacial score (nSPS) is 14.6. The second-order valence-corrected chi connectivity index (χ2v) is 7.70. The molecule has 6 nitrogen and oxygen atoms in total. The molecule has 126 valence electrons. The lowest BCUT2D eigenvalue weighted by Gasteiger charge is -2.20. The Morgan fingerprint density at radius 3 is 2.39 bits per heavy atom. The molecule has 2 unspecified atom stereocenters. The van der Waals surface area contributed by atoms with Gasteiger partial charge in [-0.1, -0.05) is 12.1 Å². The molecule has 1 aromatic heterocycles. The molecule has 0 saturated carbocycles. The fourth-order valence-corrected chi connectivity index (χ4v) is 3.26. The van der Waals surface area contributed by atoms with Crippen molar-refractivity contribution >= 4 is 10.0 Å². The largest absolute Gasteiger partial charge is 0.307 e. The maximum atomic E-state index is 11.7. The highest BCUT2D eigenvalue weighted by atomic mass is 32.2. The fourth-order valence-electron chi connectivity index (χ4n) is 2.53. The predicted molar refractivity (Wildman–Crippen MR) is 90.7 cm³/mol. The van der Waals surface area contributed by atoms with E-state index >= 15 is 0 Å². The van der Waals surface area contributed by atoms with Crippen LogP contribution in [0.15, 0.2) is 35.2 Å². The summed E-state index contributed by atoms with van der Waals surface area (Å²) in [7, 11) is -1.98. The molecule has 0 spiro atoms. The zero-order chi connectivity index (χ0) is 17.0. The van der Waals surface area contributed by atoms with Gasteiger partial charge in [0.15, 0.2) is 0 Å². The lowest BCUT2D eigenvalue weighted by Crippen LogP contribution is -2.30. The van der Waals surface area contributed by atoms with Crippen molar-refractivity contribution in [2.24, 2.45) is 0 Å². The van der Waals surface area contributed by atoms with Gasteiger partial charge in [0.2, 0.25) is 10.0 Å². The Hall–Kier alpha value is -1.70. The number of aromatic amines is 1. The van der Waals surface area contributed by atoms with Gasteiger partial charge >= 0.3 is 0 Å². The molecule has 0 aliphatic heterocycles. The topological polar surface area (TPSA) is 86.9 Å². The molecule has 0 amide bonds. The summed E-state index contributed by atoms with van der Waals surface area (Å²) in [5.74, 6) is 0. The molecule has 2 aromatic rings. The monoisotopic (exact) mass is 336 g/mol. The number of benzene rings is 1. The SMILES string of the molecule is CNS(=O)(=O)c1ccc(C(C)NC(C)Cc2cc(C)[nH]n2)cc1. The van der Waals surface area contributed by atoms with Gasteiger partial charge < -0.3 is 5.32 Å². The van der Waals surface area contributed by atoms with Crippen LogP contribution >= 0.6 is 0 Å². The Bertz CT molecular complexity index is 738. The number of hydrogen-bond acceptors (Lipinski definition) is 4. The van der Waals surface area contributed by atoms with Crippen molar-refractivity contribution in [3.05, 3.63) is 47.3 Å². The first kappa shape index (κ1) is 17.7. The summed E-state index contributed by atoms with van der Waals surface area (Å²) in [5, 5.41) is 10.7. The molecular weight excluding hydrogens is 312 g/mol. The first-order valence-electron chi connectivity index (χ1n) is 7.62. The Kier molecular flexibility index (Phi) is 5.56. The molecule has 3 N–H and O–H groups in total. The third-order valence-corrected chi connectivity index (χ3v) is 5.20. The predicted octanol–water partition coefficient (Wildman–Crippen LogP) is 1.91. The molecule has 0 radical (unpaired) electrons. The number of nitrogens with zero attached hydrogens (tertiary/aromatic N) is 1. The van der Waals surface area contributed by atoms with Gasteiger partial charge in [0.25, 0.3) is 0 Å². The minimum atomic E-state index is -3.38. The molecule has 0 fully saturated rings. The van der Waals surface area contributed by atoms with Gasteiger partial charge in [-0.15, -0.1) is 0 Å². The van der Waals surface area contributed by atoms with Crippen LogP contribution < -0.4 is 10.0 Å². The standard InChI is InChI=1S/C16H24N4O2S/c1-11(9-15-10-12(2)19-20-15)18-13(3)14-5-7-16(8-6-14)23(21,22)17-4/h5-8,10-11,13,17-18H,9H2,1-4H3,(H,19,20). The molecule has 23 heavy (non-hydrogen) atoms. The van der Waals surface area contributed by atoms with E-state index in [9.17, 15) is 8.42 Å². The van der Waals surface area contributed by atoms with Crippen LogP contribution in [0.3, 0.4) is 0 Å². The quantitative estimate of drug-likeness (QED) is 0.721. The molecule has 0 aliphatic rings. The van der Waals surface area contributed by atoms with Crippen LogP contribution in [0.5, 0.6) is 0 Å². The Labute approximate surface area is 137 Å². The zero-order valence-corrected chi connectivity index (χ0v) is 14.7. The van der Waals surface area contributed by atoms with Crippen molar-refractivity contribution in [2.45, 2.75) is 44.2 Å². The van der Waals surface area contributed by atoms with E-state index in [2.05, 4.69) is 34.1 Å². The van der Waals surface area contributed by atoms with Crippen LogP contribution in [-0.2, 0) is 16.4 Å². The summed E-state index contributed by atoms with van der Waals surface area (Å²) in [6.45, 7) is 6.16. The van der Waals surface area contributed by atoms with E-state index < -0.39 is 10.0 Å². The second-order valence-electron chi connectivity index (χ2n) is 5.81. The van der Waals surface area contributed by atoms with Crippen molar-refractivity contribution in [2.75, 3.05) is 7.05 Å². The number of aryl methyl sites for hydroxylation is 1. The van der Waals surface area contributed by atoms with Crippen LogP contribution in [0.2, 0.25) is 0 Å². The lowest BCUT2D eigenvalue weighted by molar-refractivity contribution is 0.473. The molecule has 0 saturated heterocycles. The molecular formula is C16H24N4O2S. The molecule has 2 atom stereocenters. The van der Waals surface area contributed by atoms with E-state index in [1.54, 1.807) is 12.1 Å². The summed E-state index contributed by atoms with van der Waals surface area (Å²) in [6, 6.07) is 9.35. The van der Waals surface area contributed by atoms with Gasteiger partial charge in [-0.25, -0.2) is 13.1 Å². The summed E-state index contributed by atoms with van der Waals surface area (Å²) in [6.07, 6.45) is 0.834. The van der Waals surface area contributed by atoms with Crippen LogP contribution in [0, 0.1) is 6.92 Å². The molecule has 1 heterocycles. The first-order chi connectivity index (χ1) is 10.8. The van der Waals surface area contributed by atoms with Gasteiger partial charge in [0.1, 0.15) is 0 Å². The van der Waals surface area contributed by atoms with Crippen LogP contribution in [0.4, 0.5) is 0 Å². The zero-order valence-electron chi connectivity index (χ0n) is 13.9. The van der Waals surface area contributed by atoms with E-state index in [1.165, 1.54) is 7.05 Å². The van der Waals surface area contributed by atoms with Crippen molar-refractivity contribution in [1.29, 1.82) is 0 Å². The average Bonchev–Trinajstić information content (AvgIpc) is 2.92. The molecule has 7 heteroatoms. The lowest BCUT2D eigenvalue weighted by atomic mass is 10.1. The summed E-state index contributed by atoms with van der Waals surface area (Å²) in [5.41, 5.74) is 3.14. The van der Waals surface area contributed by atoms with E-state index in [4.69, 9.17) is 0 Å². The van der Waals surface area contributed by atoms with Crippen LogP contribution in [0.25, 0.3) is 0 Å². The highest BCUT2D eigenvalue weighted by molar-refractivity contribution is 7.89. The first-order valence-corrected chi connectivity index (χ1v) is 9.10. The Balaban J connectivity index is 1.98. The van der Waals surface area contributed by atoms with Gasteiger partial charge in [0.05, 0.1) is 10.6 Å². The maximum Gasteiger partial charge on any atom is 0.240 e. The minimum absolute atomic E-state index is 0.122. The van der Waals surface area contributed by atoms with Gasteiger partial charge in [-0.05, 0) is 51.6 Å². The fraction of sp³-hybridized carbons (Fsp3) is 0.438. The summed E-state index contributed by atoms with van der Waals surface area (Å²) >= 11 is 0. The Morgan fingerprint density at radius 1 is 1.22 bits per heavy atom. The smallest absolute Gasteiger partial charge is 0.240 e. The summed E-state index contributed by atoms with van der Waals surface area (Å²) in [4.78, 5) is 0.274. The Morgan fingerprint density at radius 2 is 1.87 bits per heavy atom. The number of rotatable bonds is 7. The highest BCUT2D eigenvalue weighted by Gasteiger charge is 2.14. The van der Waals surface area contributed by atoms with Gasteiger partial charge in [-0.2, -0.15) is 5.10 Å². The van der Waals surface area contributed by atoms with Gasteiger partial charge in [-0.3, -0.25) is 5.10 Å². The molecule has 1 aromatic carbocycles. The molecule has 2 rings (SSSR count). The van der Waals surface area contributed by atoms with Crippen molar-refractivity contribution in [1.82, 2.24) is 20.2 Å². The summed E-state index contributed by atoms with van der Waals surface area (Å²) < 4.78 is 25.8. The van der Waals surface area contributed by atoms with Crippen molar-refractivity contribution in [3.63, 3.8) is 0 Å². The van der Waals surface area contributed by atoms with Crippen molar-refractivity contribution < 1.29 is 8.42 Å². The number of H-pyrrole nitrogens is 1. The number of hydrogen-bond donors (Lipinski definition) is 3. The number of nitrogens with one attached hydrogen (secondary N) is 3. The maximum absolute atomic E-state index is 11.7. The third kappa shape index (κ3) is 4.63. The van der Waals surface area contributed by atoms with Crippen molar-refractivity contribution in [3.8, 4) is 0 Å². The van der Waals surface area contributed by atoms with E-state index in [-0.39, 0.29) is 17.0 Å². The molecule has 0 bridgehead atoms. The second kappa shape index (κ2) is 7.25. The highest BCUT2D eigenvalue weighted by Crippen LogP contribution is 2.17. The van der Waals surface area contributed by atoms with E-state index in [0.717, 1.165) is 23.4 Å². The van der Waals surface area contributed by atoms with E-state index in [1.807, 2.05) is 25.1 Å². The third-order valence-electron chi connectivity index (χ3n) is 3.77. The number of aromatic nitrogens is 2. The van der Waals surface area contributed by atoms with E-state index in [0.29, 0.717) is 0 Å². The average molecular weight is 336 g/mol. The minimum Gasteiger partial charge on any atom is -0.307 e. The molecule has 0 aliphatic carbocycles. The number of sulfonamides is 1. The van der Waals surface area contributed by atoms with Gasteiger partial charge in [0, 0.05) is 24.2 Å². The van der Waals surface area contributed by atoms with Crippen LogP contribution in [0.1, 0.15) is 36.8 Å².